The van der Waals surface area contributed by atoms with Crippen molar-refractivity contribution in [2.45, 2.75) is 41.4 Å². The standard InChI is InChI=1S/C15H15NO3S2/c1-9(17)14-8-13(16(18)19)15(21-14)20-12-6-5-10-3-2-4-11(10)7-12/h5-9,17H,2-4H2,1H3/t9-/m0/s1. The lowest BCUT2D eigenvalue weighted by atomic mass is 10.1. The number of fused-ring (bicyclic) bond motifs is 1. The van der Waals surface area contributed by atoms with Gasteiger partial charge in [0.1, 0.15) is 4.21 Å². The average molecular weight is 321 g/mol. The molecule has 1 aliphatic carbocycles. The van der Waals surface area contributed by atoms with Gasteiger partial charge in [-0.25, -0.2) is 0 Å². The molecule has 0 radical (unpaired) electrons. The average Bonchev–Trinajstić information content (AvgIpc) is 3.04. The molecule has 6 heteroatoms. The number of benzene rings is 1. The topological polar surface area (TPSA) is 63.4 Å². The summed E-state index contributed by atoms with van der Waals surface area (Å²) in [7, 11) is 0. The van der Waals surface area contributed by atoms with Crippen LogP contribution in [-0.2, 0) is 12.8 Å². The number of aliphatic hydroxyl groups is 1. The Labute approximate surface area is 131 Å². The normalized spacial score (nSPS) is 15.0. The molecule has 0 amide bonds. The maximum Gasteiger partial charge on any atom is 0.294 e. The van der Waals surface area contributed by atoms with Crippen molar-refractivity contribution in [1.29, 1.82) is 0 Å². The molecule has 0 aliphatic heterocycles. The van der Waals surface area contributed by atoms with Crippen LogP contribution in [0, 0.1) is 10.1 Å². The molecule has 0 bridgehead atoms. The monoisotopic (exact) mass is 321 g/mol. The summed E-state index contributed by atoms with van der Waals surface area (Å²) < 4.78 is 0.633. The third kappa shape index (κ3) is 2.97. The Morgan fingerprint density at radius 1 is 1.33 bits per heavy atom. The lowest BCUT2D eigenvalue weighted by Gasteiger charge is -2.03. The predicted molar refractivity (Wildman–Crippen MR) is 84.2 cm³/mol. The van der Waals surface area contributed by atoms with Crippen molar-refractivity contribution in [3.8, 4) is 0 Å². The fourth-order valence-corrected chi connectivity index (χ4v) is 4.83. The summed E-state index contributed by atoms with van der Waals surface area (Å²) in [6.45, 7) is 1.62. The van der Waals surface area contributed by atoms with Crippen molar-refractivity contribution in [2.24, 2.45) is 0 Å². The van der Waals surface area contributed by atoms with E-state index in [4.69, 9.17) is 0 Å². The largest absolute Gasteiger partial charge is 0.388 e. The van der Waals surface area contributed by atoms with E-state index >= 15 is 0 Å². The van der Waals surface area contributed by atoms with Crippen molar-refractivity contribution in [1.82, 2.24) is 0 Å². The lowest BCUT2D eigenvalue weighted by Crippen LogP contribution is -1.88. The van der Waals surface area contributed by atoms with Crippen LogP contribution in [0.15, 0.2) is 33.4 Å². The molecule has 0 saturated carbocycles. The Morgan fingerprint density at radius 3 is 2.81 bits per heavy atom. The van der Waals surface area contributed by atoms with Gasteiger partial charge in [0, 0.05) is 15.8 Å². The Kier molecular flexibility index (Phi) is 4.01. The third-order valence-electron chi connectivity index (χ3n) is 3.59. The van der Waals surface area contributed by atoms with Gasteiger partial charge in [-0.2, -0.15) is 0 Å². The second-order valence-electron chi connectivity index (χ2n) is 5.14. The molecule has 1 N–H and O–H groups in total. The van der Waals surface area contributed by atoms with Gasteiger partial charge in [0.2, 0.25) is 0 Å². The summed E-state index contributed by atoms with van der Waals surface area (Å²) in [4.78, 5) is 12.4. The van der Waals surface area contributed by atoms with Crippen LogP contribution in [0.5, 0.6) is 0 Å². The van der Waals surface area contributed by atoms with Crippen LogP contribution >= 0.6 is 23.1 Å². The fraction of sp³-hybridized carbons (Fsp3) is 0.333. The highest BCUT2D eigenvalue weighted by Gasteiger charge is 2.22. The first-order valence-electron chi connectivity index (χ1n) is 6.80. The molecule has 0 spiro atoms. The number of aliphatic hydroxyl groups excluding tert-OH is 1. The van der Waals surface area contributed by atoms with Gasteiger partial charge in [0.05, 0.1) is 11.0 Å². The van der Waals surface area contributed by atoms with Crippen LogP contribution < -0.4 is 0 Å². The smallest absolute Gasteiger partial charge is 0.294 e. The maximum absolute atomic E-state index is 11.2. The first kappa shape index (κ1) is 14.6. The highest BCUT2D eigenvalue weighted by Crippen LogP contribution is 2.43. The van der Waals surface area contributed by atoms with Crippen LogP contribution in [0.3, 0.4) is 0 Å². The van der Waals surface area contributed by atoms with E-state index in [9.17, 15) is 15.2 Å². The Balaban J connectivity index is 1.92. The molecule has 1 heterocycles. The van der Waals surface area contributed by atoms with Crippen LogP contribution in [0.2, 0.25) is 0 Å². The van der Waals surface area contributed by atoms with Crippen LogP contribution in [0.1, 0.15) is 35.5 Å². The van der Waals surface area contributed by atoms with E-state index in [1.165, 1.54) is 46.7 Å². The SMILES string of the molecule is C[C@H](O)c1cc([N+](=O)[O-])c(Sc2ccc3c(c2)CCC3)s1. The van der Waals surface area contributed by atoms with E-state index in [-0.39, 0.29) is 10.6 Å². The number of nitro groups is 1. The molecule has 2 aromatic rings. The van der Waals surface area contributed by atoms with Crippen LogP contribution in [0.4, 0.5) is 5.69 Å². The highest BCUT2D eigenvalue weighted by molar-refractivity contribution is 8.01. The molecule has 21 heavy (non-hydrogen) atoms. The molecule has 0 unspecified atom stereocenters. The van der Waals surface area contributed by atoms with Gasteiger partial charge in [0.25, 0.3) is 5.69 Å². The molecule has 0 fully saturated rings. The second kappa shape index (κ2) is 5.79. The molecule has 4 nitrogen and oxygen atoms in total. The number of aryl methyl sites for hydroxylation is 2. The van der Waals surface area contributed by atoms with Gasteiger partial charge < -0.3 is 5.11 Å². The highest BCUT2D eigenvalue weighted by atomic mass is 32.2. The zero-order valence-corrected chi connectivity index (χ0v) is 13.2. The van der Waals surface area contributed by atoms with Crippen molar-refractivity contribution >= 4 is 28.8 Å². The summed E-state index contributed by atoms with van der Waals surface area (Å²) in [6, 6.07) is 7.77. The molecule has 1 aliphatic rings. The Bertz CT molecular complexity index is 694. The van der Waals surface area contributed by atoms with Crippen molar-refractivity contribution in [3.63, 3.8) is 0 Å². The molecule has 0 saturated heterocycles. The zero-order chi connectivity index (χ0) is 15.0. The molecule has 1 aromatic heterocycles. The summed E-state index contributed by atoms with van der Waals surface area (Å²) >= 11 is 2.71. The number of thiophene rings is 1. The van der Waals surface area contributed by atoms with Gasteiger partial charge in [-0.05, 0) is 49.4 Å². The first-order valence-corrected chi connectivity index (χ1v) is 8.43. The van der Waals surface area contributed by atoms with Gasteiger partial charge in [0.15, 0.2) is 0 Å². The van der Waals surface area contributed by atoms with Gasteiger partial charge >= 0.3 is 0 Å². The number of rotatable bonds is 4. The van der Waals surface area contributed by atoms with Crippen molar-refractivity contribution < 1.29 is 10.0 Å². The molecule has 3 rings (SSSR count). The lowest BCUT2D eigenvalue weighted by molar-refractivity contribution is -0.387. The minimum atomic E-state index is -0.678. The molecule has 110 valence electrons. The minimum absolute atomic E-state index is 0.0846. The van der Waals surface area contributed by atoms with E-state index in [1.54, 1.807) is 6.92 Å². The summed E-state index contributed by atoms with van der Waals surface area (Å²) in [6.07, 6.45) is 2.73. The van der Waals surface area contributed by atoms with E-state index in [0.717, 1.165) is 17.7 Å². The van der Waals surface area contributed by atoms with Gasteiger partial charge in [-0.3, -0.25) is 10.1 Å². The quantitative estimate of drug-likeness (QED) is 0.671. The summed E-state index contributed by atoms with van der Waals surface area (Å²) in [5.41, 5.74) is 2.83. The van der Waals surface area contributed by atoms with Gasteiger partial charge in [-0.15, -0.1) is 11.3 Å². The first-order chi connectivity index (χ1) is 10.0. The van der Waals surface area contributed by atoms with Crippen molar-refractivity contribution in [3.05, 3.63) is 50.4 Å². The van der Waals surface area contributed by atoms with Gasteiger partial charge in [-0.1, -0.05) is 17.8 Å². The number of hydrogen-bond donors (Lipinski definition) is 1. The second-order valence-corrected chi connectivity index (χ2v) is 7.57. The number of nitrogens with zero attached hydrogens (tertiary/aromatic N) is 1. The van der Waals surface area contributed by atoms with E-state index < -0.39 is 6.10 Å². The molecule has 1 aromatic carbocycles. The van der Waals surface area contributed by atoms with E-state index in [0.29, 0.717) is 9.09 Å². The van der Waals surface area contributed by atoms with Crippen LogP contribution in [-0.4, -0.2) is 10.0 Å². The van der Waals surface area contributed by atoms with E-state index in [2.05, 4.69) is 12.1 Å². The zero-order valence-electron chi connectivity index (χ0n) is 11.5. The third-order valence-corrected chi connectivity index (χ3v) is 6.06. The van der Waals surface area contributed by atoms with E-state index in [1.807, 2.05) is 6.07 Å². The molecular formula is C15H15NO3S2. The minimum Gasteiger partial charge on any atom is -0.388 e. The summed E-state index contributed by atoms with van der Waals surface area (Å²) in [5, 5.41) is 20.8. The Hall–Kier alpha value is -1.37. The van der Waals surface area contributed by atoms with Crippen molar-refractivity contribution in [2.75, 3.05) is 0 Å². The summed E-state index contributed by atoms with van der Waals surface area (Å²) in [5.74, 6) is 0. The molecular weight excluding hydrogens is 306 g/mol. The molecule has 1 atom stereocenters. The fourth-order valence-electron chi connectivity index (χ4n) is 2.51. The van der Waals surface area contributed by atoms with Crippen LogP contribution in [0.25, 0.3) is 0 Å². The predicted octanol–water partition coefficient (Wildman–Crippen LogP) is 4.35. The maximum atomic E-state index is 11.2. The number of hydrogen-bond acceptors (Lipinski definition) is 5. The Morgan fingerprint density at radius 2 is 2.10 bits per heavy atom.